The van der Waals surface area contributed by atoms with E-state index in [2.05, 4.69) is 0 Å². The molecule has 0 aliphatic carbocycles. The maximum atomic E-state index is 12.2. The largest absolute Gasteiger partial charge is 0.508 e. The van der Waals surface area contributed by atoms with Crippen LogP contribution in [0.5, 0.6) is 11.5 Å². The van der Waals surface area contributed by atoms with Crippen LogP contribution >= 0.6 is 7.60 Å². The fraction of sp³-hybridized carbons (Fsp3) is 0.0714. The third-order valence-corrected chi connectivity index (χ3v) is 3.87. The summed E-state index contributed by atoms with van der Waals surface area (Å²) in [4.78, 5) is 30.7. The molecule has 0 radical (unpaired) electrons. The number of rotatable bonds is 4. The van der Waals surface area contributed by atoms with Gasteiger partial charge in [-0.25, -0.2) is 0 Å². The monoisotopic (exact) mass is 308 g/mol. The van der Waals surface area contributed by atoms with E-state index in [0.29, 0.717) is 5.56 Å². The van der Waals surface area contributed by atoms with Crippen molar-refractivity contribution in [3.63, 3.8) is 0 Å². The maximum absolute atomic E-state index is 12.2. The van der Waals surface area contributed by atoms with Gasteiger partial charge >= 0.3 is 7.60 Å². The molecule has 0 unspecified atom stereocenters. The van der Waals surface area contributed by atoms with Crippen LogP contribution in [-0.2, 0) is 11.0 Å². The van der Waals surface area contributed by atoms with E-state index < -0.39 is 18.7 Å². The van der Waals surface area contributed by atoms with E-state index in [1.807, 2.05) is 0 Å². The summed E-state index contributed by atoms with van der Waals surface area (Å²) in [6.45, 7) is 0. The van der Waals surface area contributed by atoms with Gasteiger partial charge in [0.2, 0.25) is 0 Å². The lowest BCUT2D eigenvalue weighted by atomic mass is 10.0. The Bertz CT molecular complexity index is 734. The number of Topliss-reactive ketones (excluding diaryl/α,β-unsaturated/α-hetero) is 1. The Labute approximate surface area is 120 Å². The Hall–Kier alpha value is -2.14. The van der Waals surface area contributed by atoms with Crippen molar-refractivity contribution in [3.8, 4) is 11.5 Å². The number of phenols is 2. The molecule has 4 N–H and O–H groups in total. The summed E-state index contributed by atoms with van der Waals surface area (Å²) in [6, 6.07) is 9.29. The van der Waals surface area contributed by atoms with Crippen LogP contribution in [0.2, 0.25) is 0 Å². The molecule has 0 saturated carbocycles. The number of aromatic hydroxyl groups is 2. The van der Waals surface area contributed by atoms with Gasteiger partial charge in [0.1, 0.15) is 11.5 Å². The van der Waals surface area contributed by atoms with Gasteiger partial charge in [-0.2, -0.15) is 0 Å². The summed E-state index contributed by atoms with van der Waals surface area (Å²) in [5.41, 5.74) is 0.370. The van der Waals surface area contributed by atoms with E-state index in [9.17, 15) is 29.4 Å². The first-order chi connectivity index (χ1) is 9.77. The Morgan fingerprint density at radius 1 is 1.00 bits per heavy atom. The minimum atomic E-state index is -4.68. The number of carbonyl (C=O) groups excluding carboxylic acids is 1. The van der Waals surface area contributed by atoms with Crippen LogP contribution in [0.25, 0.3) is 0 Å². The van der Waals surface area contributed by atoms with Crippen molar-refractivity contribution < 1.29 is 29.4 Å². The van der Waals surface area contributed by atoms with Crippen molar-refractivity contribution in [3.05, 3.63) is 53.6 Å². The molecule has 110 valence electrons. The summed E-state index contributed by atoms with van der Waals surface area (Å²) >= 11 is 0. The van der Waals surface area contributed by atoms with Crippen LogP contribution in [0, 0.1) is 0 Å². The summed E-state index contributed by atoms with van der Waals surface area (Å²) in [5, 5.41) is 18.2. The summed E-state index contributed by atoms with van der Waals surface area (Å²) in [7, 11) is -4.68. The fourth-order valence-corrected chi connectivity index (χ4v) is 2.76. The third-order valence-electron chi connectivity index (χ3n) is 2.87. The normalized spacial score (nSPS) is 11.3. The Kier molecular flexibility index (Phi) is 4.14. The second-order valence-corrected chi connectivity index (χ2v) is 6.09. The second kappa shape index (κ2) is 5.69. The van der Waals surface area contributed by atoms with Gasteiger partial charge in [0.05, 0.1) is 5.30 Å². The maximum Gasteiger partial charge on any atom is 0.357 e. The lowest BCUT2D eigenvalue weighted by molar-refractivity contribution is 0.0993. The zero-order valence-electron chi connectivity index (χ0n) is 10.8. The summed E-state index contributed by atoms with van der Waals surface area (Å²) in [5.74, 6) is -0.845. The zero-order valence-corrected chi connectivity index (χ0v) is 11.7. The topological polar surface area (TPSA) is 115 Å². The minimum absolute atomic E-state index is 0.00113. The SMILES string of the molecule is O=C(Cc1cccc(O)c1)c1ccc(O)cc1P(=O)(O)O. The van der Waals surface area contributed by atoms with Crippen molar-refractivity contribution in [1.82, 2.24) is 0 Å². The highest BCUT2D eigenvalue weighted by molar-refractivity contribution is 7.60. The fourth-order valence-electron chi connectivity index (χ4n) is 1.94. The molecule has 0 aliphatic rings. The lowest BCUT2D eigenvalue weighted by Gasteiger charge is -2.11. The molecule has 2 aromatic carbocycles. The van der Waals surface area contributed by atoms with Crippen molar-refractivity contribution >= 4 is 18.7 Å². The molecule has 0 amide bonds. The van der Waals surface area contributed by atoms with Gasteiger partial charge in [0.15, 0.2) is 5.78 Å². The van der Waals surface area contributed by atoms with E-state index in [0.717, 1.165) is 6.07 Å². The Balaban J connectivity index is 2.38. The molecule has 0 bridgehead atoms. The van der Waals surface area contributed by atoms with E-state index in [1.54, 1.807) is 12.1 Å². The van der Waals surface area contributed by atoms with E-state index in [1.165, 1.54) is 24.3 Å². The van der Waals surface area contributed by atoms with Crippen LogP contribution < -0.4 is 5.30 Å². The molecule has 2 rings (SSSR count). The molecule has 0 saturated heterocycles. The van der Waals surface area contributed by atoms with Crippen LogP contribution in [0.4, 0.5) is 0 Å². The first kappa shape index (κ1) is 15.3. The molecule has 6 nitrogen and oxygen atoms in total. The standard InChI is InChI=1S/C14H13O6P/c15-10-3-1-2-9(6-10)7-13(17)12-5-4-11(16)8-14(12)21(18,19)20/h1-6,8,15-16H,7H2,(H2,18,19,20). The van der Waals surface area contributed by atoms with Crippen molar-refractivity contribution in [2.45, 2.75) is 6.42 Å². The van der Waals surface area contributed by atoms with Crippen molar-refractivity contribution in [2.24, 2.45) is 0 Å². The third kappa shape index (κ3) is 3.70. The number of hydrogen-bond acceptors (Lipinski definition) is 4. The number of benzene rings is 2. The average Bonchev–Trinajstić information content (AvgIpc) is 2.37. The highest BCUT2D eigenvalue weighted by Crippen LogP contribution is 2.36. The molecule has 0 aliphatic heterocycles. The second-order valence-electron chi connectivity index (χ2n) is 4.52. The average molecular weight is 308 g/mol. The van der Waals surface area contributed by atoms with Gasteiger partial charge in [-0.1, -0.05) is 12.1 Å². The Morgan fingerprint density at radius 3 is 2.29 bits per heavy atom. The lowest BCUT2D eigenvalue weighted by Crippen LogP contribution is -2.17. The van der Waals surface area contributed by atoms with Gasteiger partial charge in [0, 0.05) is 12.0 Å². The molecule has 0 aromatic heterocycles. The van der Waals surface area contributed by atoms with E-state index >= 15 is 0 Å². The van der Waals surface area contributed by atoms with Crippen molar-refractivity contribution in [1.29, 1.82) is 0 Å². The van der Waals surface area contributed by atoms with Crippen molar-refractivity contribution in [2.75, 3.05) is 0 Å². The predicted molar refractivity (Wildman–Crippen MR) is 75.9 cm³/mol. The van der Waals surface area contributed by atoms with Crippen LogP contribution in [0.3, 0.4) is 0 Å². The number of carbonyl (C=O) groups is 1. The molecule has 21 heavy (non-hydrogen) atoms. The Morgan fingerprint density at radius 2 is 1.67 bits per heavy atom. The van der Waals surface area contributed by atoms with Gasteiger partial charge in [-0.05, 0) is 35.9 Å². The van der Waals surface area contributed by atoms with Gasteiger partial charge in [0.25, 0.3) is 0 Å². The highest BCUT2D eigenvalue weighted by atomic mass is 31.2. The van der Waals surface area contributed by atoms with Gasteiger partial charge in [-0.15, -0.1) is 0 Å². The van der Waals surface area contributed by atoms with Crippen LogP contribution in [0.15, 0.2) is 42.5 Å². The van der Waals surface area contributed by atoms with Gasteiger partial charge < -0.3 is 20.0 Å². The number of phenolic OH excluding ortho intramolecular Hbond substituents is 2. The molecule has 7 heteroatoms. The first-order valence-electron chi connectivity index (χ1n) is 5.97. The van der Waals surface area contributed by atoms with E-state index in [-0.39, 0.29) is 23.5 Å². The molecular formula is C14H13O6P. The minimum Gasteiger partial charge on any atom is -0.508 e. The number of ketones is 1. The molecule has 0 atom stereocenters. The summed E-state index contributed by atoms with van der Waals surface area (Å²) in [6.07, 6.45) is -0.119. The first-order valence-corrected chi connectivity index (χ1v) is 7.59. The highest BCUT2D eigenvalue weighted by Gasteiger charge is 2.25. The van der Waals surface area contributed by atoms with Gasteiger partial charge in [-0.3, -0.25) is 9.36 Å². The molecular weight excluding hydrogens is 295 g/mol. The predicted octanol–water partition coefficient (Wildman–Crippen LogP) is 1.33. The molecule has 0 fully saturated rings. The molecule has 2 aromatic rings. The quantitative estimate of drug-likeness (QED) is 0.500. The van der Waals surface area contributed by atoms with E-state index in [4.69, 9.17) is 0 Å². The number of hydrogen-bond donors (Lipinski definition) is 4. The molecule has 0 spiro atoms. The van der Waals surface area contributed by atoms with Crippen LogP contribution in [-0.4, -0.2) is 25.8 Å². The summed E-state index contributed by atoms with van der Waals surface area (Å²) < 4.78 is 11.4. The smallest absolute Gasteiger partial charge is 0.357 e. The van der Waals surface area contributed by atoms with Crippen LogP contribution in [0.1, 0.15) is 15.9 Å². The zero-order chi connectivity index (χ0) is 15.6. The molecule has 0 heterocycles.